The molecule has 1 aromatic rings. The number of nitrogens with one attached hydrogen (secondary N) is 1. The summed E-state index contributed by atoms with van der Waals surface area (Å²) in [6.45, 7) is 0.709. The number of amides is 1. The molecule has 1 amide bonds. The van der Waals surface area contributed by atoms with Crippen LogP contribution in [0, 0.1) is 5.92 Å². The Morgan fingerprint density at radius 3 is 2.88 bits per heavy atom. The van der Waals surface area contributed by atoms with Crippen LogP contribution in [0.1, 0.15) is 42.5 Å². The van der Waals surface area contributed by atoms with E-state index in [9.17, 15) is 9.90 Å². The van der Waals surface area contributed by atoms with Crippen molar-refractivity contribution in [2.45, 2.75) is 32.1 Å². The van der Waals surface area contributed by atoms with Gasteiger partial charge in [-0.2, -0.15) is 0 Å². The lowest BCUT2D eigenvalue weighted by atomic mass is 9.89. The van der Waals surface area contributed by atoms with E-state index in [2.05, 4.69) is 10.3 Å². The molecular weight excluding hydrogens is 216 g/mol. The van der Waals surface area contributed by atoms with Crippen molar-refractivity contribution in [2.24, 2.45) is 5.92 Å². The zero-order chi connectivity index (χ0) is 12.1. The Bertz CT molecular complexity index is 387. The van der Waals surface area contributed by atoms with E-state index in [0.717, 1.165) is 0 Å². The van der Waals surface area contributed by atoms with E-state index in [1.54, 1.807) is 0 Å². The number of nitrogens with zero attached hydrogens (tertiary/aromatic N) is 1. The second-order valence-electron chi connectivity index (χ2n) is 4.61. The zero-order valence-corrected chi connectivity index (χ0v) is 9.85. The van der Waals surface area contributed by atoms with Gasteiger partial charge in [0.2, 0.25) is 0 Å². The zero-order valence-electron chi connectivity index (χ0n) is 9.85. The summed E-state index contributed by atoms with van der Waals surface area (Å²) in [4.78, 5) is 15.6. The molecule has 0 aliphatic heterocycles. The number of pyridine rings is 1. The predicted octanol–water partition coefficient (Wildman–Crippen LogP) is 2.10. The molecule has 0 spiro atoms. The number of hydrogen-bond donors (Lipinski definition) is 2. The number of aromatic nitrogens is 1. The first-order valence-electron chi connectivity index (χ1n) is 6.18. The van der Waals surface area contributed by atoms with Crippen molar-refractivity contribution in [1.82, 2.24) is 10.3 Å². The van der Waals surface area contributed by atoms with Crippen LogP contribution in [0.25, 0.3) is 0 Å². The number of carbonyl (C=O) groups excluding carboxylic acids is 1. The van der Waals surface area contributed by atoms with Gasteiger partial charge < -0.3 is 10.4 Å². The van der Waals surface area contributed by atoms with E-state index in [1.165, 1.54) is 50.6 Å². The molecule has 2 N–H and O–H groups in total. The molecule has 0 aromatic carbocycles. The molecule has 4 heteroatoms. The molecule has 0 unspecified atom stereocenters. The number of carbonyl (C=O) groups is 1. The van der Waals surface area contributed by atoms with Crippen molar-refractivity contribution in [3.05, 3.63) is 24.0 Å². The molecule has 1 aromatic heterocycles. The second-order valence-corrected chi connectivity index (χ2v) is 4.61. The van der Waals surface area contributed by atoms with E-state index in [4.69, 9.17) is 0 Å². The molecule has 0 bridgehead atoms. The van der Waals surface area contributed by atoms with Crippen LogP contribution in [0.3, 0.4) is 0 Å². The van der Waals surface area contributed by atoms with Crippen LogP contribution < -0.4 is 5.32 Å². The standard InChI is InChI=1S/C13H18N2O2/c16-12-9-14-7-6-11(12)13(17)15-8-10-4-2-1-3-5-10/h6-7,9-10,16H,1-5,8H2,(H,15,17). The monoisotopic (exact) mass is 234 g/mol. The van der Waals surface area contributed by atoms with E-state index >= 15 is 0 Å². The molecule has 1 saturated carbocycles. The lowest BCUT2D eigenvalue weighted by Crippen LogP contribution is -2.30. The molecule has 1 heterocycles. The molecule has 2 rings (SSSR count). The van der Waals surface area contributed by atoms with Gasteiger partial charge in [0.25, 0.3) is 5.91 Å². The third-order valence-electron chi connectivity index (χ3n) is 3.32. The molecule has 1 aliphatic rings. The Balaban J connectivity index is 1.87. The third-order valence-corrected chi connectivity index (χ3v) is 3.32. The van der Waals surface area contributed by atoms with Crippen molar-refractivity contribution in [3.8, 4) is 5.75 Å². The summed E-state index contributed by atoms with van der Waals surface area (Å²) in [7, 11) is 0. The molecule has 1 aliphatic carbocycles. The molecule has 1 fully saturated rings. The quantitative estimate of drug-likeness (QED) is 0.841. The summed E-state index contributed by atoms with van der Waals surface area (Å²) in [5.74, 6) is 0.320. The SMILES string of the molecule is O=C(NCC1CCCCC1)c1ccncc1O. The Morgan fingerprint density at radius 2 is 2.18 bits per heavy atom. The van der Waals surface area contributed by atoms with Crippen LogP contribution >= 0.6 is 0 Å². The van der Waals surface area contributed by atoms with Crippen LogP contribution in [-0.4, -0.2) is 22.5 Å². The Labute approximate surface area is 101 Å². The van der Waals surface area contributed by atoms with Crippen molar-refractivity contribution in [3.63, 3.8) is 0 Å². The normalized spacial score (nSPS) is 16.7. The maximum atomic E-state index is 11.8. The van der Waals surface area contributed by atoms with Crippen molar-refractivity contribution in [2.75, 3.05) is 6.54 Å². The van der Waals surface area contributed by atoms with Crippen molar-refractivity contribution < 1.29 is 9.90 Å². The third kappa shape index (κ3) is 3.19. The van der Waals surface area contributed by atoms with Gasteiger partial charge in [0.1, 0.15) is 5.75 Å². The van der Waals surface area contributed by atoms with Gasteiger partial charge >= 0.3 is 0 Å². The first-order chi connectivity index (χ1) is 8.27. The van der Waals surface area contributed by atoms with Gasteiger partial charge in [0.05, 0.1) is 11.8 Å². The maximum Gasteiger partial charge on any atom is 0.255 e. The van der Waals surface area contributed by atoms with Gasteiger partial charge in [-0.1, -0.05) is 19.3 Å². The van der Waals surface area contributed by atoms with Crippen LogP contribution in [0.2, 0.25) is 0 Å². The Hall–Kier alpha value is -1.58. The Morgan fingerprint density at radius 1 is 1.41 bits per heavy atom. The highest BCUT2D eigenvalue weighted by Crippen LogP contribution is 2.23. The van der Waals surface area contributed by atoms with Gasteiger partial charge in [-0.3, -0.25) is 9.78 Å². The highest BCUT2D eigenvalue weighted by Gasteiger charge is 2.16. The number of aromatic hydroxyl groups is 1. The summed E-state index contributed by atoms with van der Waals surface area (Å²) in [6, 6.07) is 1.53. The van der Waals surface area contributed by atoms with Gasteiger partial charge in [-0.15, -0.1) is 0 Å². The fourth-order valence-electron chi connectivity index (χ4n) is 2.30. The molecule has 0 radical (unpaired) electrons. The largest absolute Gasteiger partial charge is 0.505 e. The smallest absolute Gasteiger partial charge is 0.255 e. The molecule has 0 saturated heterocycles. The number of hydrogen-bond acceptors (Lipinski definition) is 3. The topological polar surface area (TPSA) is 62.2 Å². The van der Waals surface area contributed by atoms with E-state index in [1.807, 2.05) is 0 Å². The average Bonchev–Trinajstić information content (AvgIpc) is 2.38. The summed E-state index contributed by atoms with van der Waals surface area (Å²) >= 11 is 0. The van der Waals surface area contributed by atoms with Gasteiger partial charge in [0, 0.05) is 12.7 Å². The first kappa shape index (κ1) is 11.9. The fourth-order valence-corrected chi connectivity index (χ4v) is 2.30. The first-order valence-corrected chi connectivity index (χ1v) is 6.18. The van der Waals surface area contributed by atoms with Crippen LogP contribution in [0.5, 0.6) is 5.75 Å². The maximum absolute atomic E-state index is 11.8. The highest BCUT2D eigenvalue weighted by molar-refractivity contribution is 5.96. The molecular formula is C13H18N2O2. The van der Waals surface area contributed by atoms with Crippen molar-refractivity contribution >= 4 is 5.91 Å². The average molecular weight is 234 g/mol. The molecule has 4 nitrogen and oxygen atoms in total. The van der Waals surface area contributed by atoms with E-state index < -0.39 is 0 Å². The summed E-state index contributed by atoms with van der Waals surface area (Å²) in [6.07, 6.45) is 9.04. The summed E-state index contributed by atoms with van der Waals surface area (Å²) in [5.41, 5.74) is 0.302. The van der Waals surface area contributed by atoms with Crippen LogP contribution in [-0.2, 0) is 0 Å². The molecule has 92 valence electrons. The van der Waals surface area contributed by atoms with Gasteiger partial charge in [-0.05, 0) is 24.8 Å². The Kier molecular flexibility index (Phi) is 3.96. The predicted molar refractivity (Wildman–Crippen MR) is 64.8 cm³/mol. The van der Waals surface area contributed by atoms with Gasteiger partial charge in [-0.25, -0.2) is 0 Å². The highest BCUT2D eigenvalue weighted by atomic mass is 16.3. The van der Waals surface area contributed by atoms with Crippen molar-refractivity contribution in [1.29, 1.82) is 0 Å². The van der Waals surface area contributed by atoms with E-state index in [-0.39, 0.29) is 11.7 Å². The lowest BCUT2D eigenvalue weighted by molar-refractivity contribution is 0.0941. The van der Waals surface area contributed by atoms with Gasteiger partial charge in [0.15, 0.2) is 0 Å². The lowest BCUT2D eigenvalue weighted by Gasteiger charge is -2.21. The number of rotatable bonds is 3. The second kappa shape index (κ2) is 5.66. The minimum absolute atomic E-state index is 0.0614. The fraction of sp³-hybridized carbons (Fsp3) is 0.538. The van der Waals surface area contributed by atoms with Crippen LogP contribution in [0.15, 0.2) is 18.5 Å². The van der Waals surface area contributed by atoms with E-state index in [0.29, 0.717) is 18.0 Å². The molecule has 0 atom stereocenters. The minimum atomic E-state index is -0.213. The summed E-state index contributed by atoms with van der Waals surface area (Å²) in [5, 5.41) is 12.4. The summed E-state index contributed by atoms with van der Waals surface area (Å²) < 4.78 is 0. The van der Waals surface area contributed by atoms with Crippen LogP contribution in [0.4, 0.5) is 0 Å². The minimum Gasteiger partial charge on any atom is -0.505 e. The molecule has 17 heavy (non-hydrogen) atoms.